The van der Waals surface area contributed by atoms with Crippen molar-refractivity contribution in [1.82, 2.24) is 0 Å². The monoisotopic (exact) mass is 143 g/mol. The average Bonchev–Trinajstić information content (AvgIpc) is 2.65. The van der Waals surface area contributed by atoms with Crippen molar-refractivity contribution in [2.75, 3.05) is 7.11 Å². The molecule has 0 radical (unpaired) electrons. The zero-order valence-corrected chi connectivity index (χ0v) is 6.39. The smallest absolute Gasteiger partial charge is 0.313 e. The van der Waals surface area contributed by atoms with Gasteiger partial charge in [-0.05, 0) is 19.8 Å². The first-order valence-corrected chi connectivity index (χ1v) is 3.47. The van der Waals surface area contributed by atoms with Crippen LogP contribution in [0.5, 0.6) is 0 Å². The van der Waals surface area contributed by atoms with Gasteiger partial charge in [0.05, 0.1) is 12.5 Å². The molecule has 0 aromatic carbocycles. The van der Waals surface area contributed by atoms with Crippen LogP contribution in [0.3, 0.4) is 0 Å². The van der Waals surface area contributed by atoms with Crippen LogP contribution in [0.2, 0.25) is 0 Å². The van der Waals surface area contributed by atoms with E-state index in [1.807, 2.05) is 6.92 Å². The second-order valence-corrected chi connectivity index (χ2v) is 2.94. The molecule has 0 saturated heterocycles. The highest BCUT2D eigenvalue weighted by Crippen LogP contribution is 2.48. The van der Waals surface area contributed by atoms with Crippen LogP contribution < -0.4 is 5.73 Å². The minimum absolute atomic E-state index is 0.0695. The first-order chi connectivity index (χ1) is 4.63. The quantitative estimate of drug-likeness (QED) is 0.565. The first-order valence-electron chi connectivity index (χ1n) is 3.47. The first kappa shape index (κ1) is 7.54. The third-order valence-electron chi connectivity index (χ3n) is 2.25. The fourth-order valence-electron chi connectivity index (χ4n) is 1.18. The topological polar surface area (TPSA) is 52.3 Å². The summed E-state index contributed by atoms with van der Waals surface area (Å²) >= 11 is 0. The van der Waals surface area contributed by atoms with Crippen molar-refractivity contribution in [2.24, 2.45) is 11.1 Å². The van der Waals surface area contributed by atoms with Crippen molar-refractivity contribution in [3.05, 3.63) is 0 Å². The molecule has 1 aliphatic carbocycles. The van der Waals surface area contributed by atoms with Crippen LogP contribution >= 0.6 is 0 Å². The molecule has 0 aromatic heterocycles. The molecule has 3 nitrogen and oxygen atoms in total. The summed E-state index contributed by atoms with van der Waals surface area (Å²) in [6.07, 6.45) is 1.77. The third-order valence-corrected chi connectivity index (χ3v) is 2.25. The maximum absolute atomic E-state index is 11.0. The summed E-state index contributed by atoms with van der Waals surface area (Å²) in [6.45, 7) is 1.85. The predicted molar refractivity (Wildman–Crippen MR) is 37.3 cm³/mol. The van der Waals surface area contributed by atoms with Crippen molar-refractivity contribution >= 4 is 5.97 Å². The summed E-state index contributed by atoms with van der Waals surface area (Å²) in [6, 6.07) is -0.0695. The van der Waals surface area contributed by atoms with E-state index in [0.717, 1.165) is 12.8 Å². The predicted octanol–water partition coefficient (Wildman–Crippen LogP) is 0.287. The highest BCUT2D eigenvalue weighted by molar-refractivity contribution is 5.80. The Bertz CT molecular complexity index is 150. The number of methoxy groups -OCH3 is 1. The molecule has 0 amide bonds. The van der Waals surface area contributed by atoms with Gasteiger partial charge in [0.25, 0.3) is 0 Å². The molecule has 1 saturated carbocycles. The maximum Gasteiger partial charge on any atom is 0.313 e. The van der Waals surface area contributed by atoms with Gasteiger partial charge in [-0.25, -0.2) is 0 Å². The van der Waals surface area contributed by atoms with Gasteiger partial charge in [0, 0.05) is 6.04 Å². The summed E-state index contributed by atoms with van der Waals surface area (Å²) < 4.78 is 4.62. The van der Waals surface area contributed by atoms with Crippen molar-refractivity contribution in [2.45, 2.75) is 25.8 Å². The maximum atomic E-state index is 11.0. The fraction of sp³-hybridized carbons (Fsp3) is 0.857. The minimum Gasteiger partial charge on any atom is -0.469 e. The number of esters is 1. The van der Waals surface area contributed by atoms with Crippen LogP contribution in [-0.2, 0) is 9.53 Å². The Morgan fingerprint density at radius 1 is 1.70 bits per heavy atom. The van der Waals surface area contributed by atoms with E-state index in [-0.39, 0.29) is 17.4 Å². The van der Waals surface area contributed by atoms with E-state index < -0.39 is 0 Å². The zero-order valence-electron chi connectivity index (χ0n) is 6.39. The van der Waals surface area contributed by atoms with Crippen molar-refractivity contribution in [3.8, 4) is 0 Å². The van der Waals surface area contributed by atoms with Gasteiger partial charge in [-0.3, -0.25) is 4.79 Å². The summed E-state index contributed by atoms with van der Waals surface area (Å²) in [5.74, 6) is -0.150. The molecule has 0 unspecified atom stereocenters. The number of carbonyl (C=O) groups excluding carboxylic acids is 1. The molecule has 3 heteroatoms. The normalized spacial score (nSPS) is 23.5. The molecule has 58 valence electrons. The lowest BCUT2D eigenvalue weighted by Gasteiger charge is -2.15. The summed E-state index contributed by atoms with van der Waals surface area (Å²) in [5.41, 5.74) is 5.28. The van der Waals surface area contributed by atoms with Crippen molar-refractivity contribution in [3.63, 3.8) is 0 Å². The van der Waals surface area contributed by atoms with Crippen molar-refractivity contribution in [1.29, 1.82) is 0 Å². The molecule has 1 atom stereocenters. The number of rotatable bonds is 2. The van der Waals surface area contributed by atoms with Gasteiger partial charge < -0.3 is 10.5 Å². The molecule has 1 rings (SSSR count). The average molecular weight is 143 g/mol. The number of nitrogens with two attached hydrogens (primary N) is 1. The standard InChI is InChI=1S/C7H13NO2/c1-5(8)7(3-4-7)6(9)10-2/h5H,3-4,8H2,1-2H3/t5-/m1/s1. The fourth-order valence-corrected chi connectivity index (χ4v) is 1.18. The van der Waals surface area contributed by atoms with E-state index in [2.05, 4.69) is 4.74 Å². The van der Waals surface area contributed by atoms with E-state index in [1.165, 1.54) is 7.11 Å². The molecular weight excluding hydrogens is 130 g/mol. The Hall–Kier alpha value is -0.570. The molecule has 1 aliphatic rings. The van der Waals surface area contributed by atoms with Gasteiger partial charge >= 0.3 is 5.97 Å². The van der Waals surface area contributed by atoms with Crippen LogP contribution in [0.4, 0.5) is 0 Å². The Labute approximate surface area is 60.5 Å². The molecular formula is C7H13NO2. The van der Waals surface area contributed by atoms with E-state index in [4.69, 9.17) is 5.73 Å². The van der Waals surface area contributed by atoms with Crippen LogP contribution in [0, 0.1) is 5.41 Å². The lowest BCUT2D eigenvalue weighted by atomic mass is 9.99. The Morgan fingerprint density at radius 3 is 2.30 bits per heavy atom. The number of ether oxygens (including phenoxy) is 1. The van der Waals surface area contributed by atoms with E-state index in [9.17, 15) is 4.79 Å². The molecule has 0 aromatic rings. The molecule has 10 heavy (non-hydrogen) atoms. The van der Waals surface area contributed by atoms with Gasteiger partial charge in [-0.1, -0.05) is 0 Å². The van der Waals surface area contributed by atoms with Gasteiger partial charge in [0.15, 0.2) is 0 Å². The second-order valence-electron chi connectivity index (χ2n) is 2.94. The van der Waals surface area contributed by atoms with E-state index in [1.54, 1.807) is 0 Å². The summed E-state index contributed by atoms with van der Waals surface area (Å²) in [5, 5.41) is 0. The summed E-state index contributed by atoms with van der Waals surface area (Å²) in [4.78, 5) is 11.0. The van der Waals surface area contributed by atoms with Gasteiger partial charge in [0.2, 0.25) is 0 Å². The van der Waals surface area contributed by atoms with Gasteiger partial charge in [0.1, 0.15) is 0 Å². The summed E-state index contributed by atoms with van der Waals surface area (Å²) in [7, 11) is 1.41. The Balaban J connectivity index is 2.60. The highest BCUT2D eigenvalue weighted by atomic mass is 16.5. The SMILES string of the molecule is COC(=O)C1([C@@H](C)N)CC1. The minimum atomic E-state index is -0.325. The van der Waals surface area contributed by atoms with Crippen LogP contribution in [-0.4, -0.2) is 19.1 Å². The van der Waals surface area contributed by atoms with Gasteiger partial charge in [-0.15, -0.1) is 0 Å². The van der Waals surface area contributed by atoms with E-state index in [0.29, 0.717) is 0 Å². The van der Waals surface area contributed by atoms with E-state index >= 15 is 0 Å². The van der Waals surface area contributed by atoms with Crippen LogP contribution in [0.1, 0.15) is 19.8 Å². The number of hydrogen-bond acceptors (Lipinski definition) is 3. The van der Waals surface area contributed by atoms with Crippen LogP contribution in [0.15, 0.2) is 0 Å². The molecule has 0 bridgehead atoms. The highest BCUT2D eigenvalue weighted by Gasteiger charge is 2.53. The van der Waals surface area contributed by atoms with Crippen molar-refractivity contribution < 1.29 is 9.53 Å². The molecule has 0 aliphatic heterocycles. The molecule has 1 fully saturated rings. The van der Waals surface area contributed by atoms with Gasteiger partial charge in [-0.2, -0.15) is 0 Å². The molecule has 2 N–H and O–H groups in total. The molecule has 0 spiro atoms. The Morgan fingerprint density at radius 2 is 2.20 bits per heavy atom. The third kappa shape index (κ3) is 0.904. The number of carbonyl (C=O) groups is 1. The molecule has 0 heterocycles. The largest absolute Gasteiger partial charge is 0.469 e. The lowest BCUT2D eigenvalue weighted by Crippen LogP contribution is -2.35. The number of hydrogen-bond donors (Lipinski definition) is 1. The van der Waals surface area contributed by atoms with Crippen LogP contribution in [0.25, 0.3) is 0 Å². The zero-order chi connectivity index (χ0) is 7.78. The lowest BCUT2D eigenvalue weighted by molar-refractivity contribution is -0.147. The second kappa shape index (κ2) is 2.23. The Kier molecular flexibility index (Phi) is 1.68.